The highest BCUT2D eigenvalue weighted by Gasteiger charge is 2.54. The number of fused-ring (bicyclic) bond motifs is 2. The number of nitrogens with zero attached hydrogens (tertiary/aromatic N) is 2. The van der Waals surface area contributed by atoms with Gasteiger partial charge in [-0.3, -0.25) is 9.59 Å². The van der Waals surface area contributed by atoms with Crippen LogP contribution in [0.5, 0.6) is 0 Å². The molecule has 0 aromatic heterocycles. The summed E-state index contributed by atoms with van der Waals surface area (Å²) in [7, 11) is 0. The molecule has 2 aliphatic carbocycles. The summed E-state index contributed by atoms with van der Waals surface area (Å²) in [6.45, 7) is 1.49. The smallest absolute Gasteiger partial charge is 0.232 e. The molecule has 3 aliphatic heterocycles. The number of hydrogen-bond acceptors (Lipinski definition) is 3. The molecule has 0 radical (unpaired) electrons. The lowest BCUT2D eigenvalue weighted by Gasteiger charge is -2.56. The third kappa shape index (κ3) is 3.39. The Kier molecular flexibility index (Phi) is 4.66. The molecule has 1 aromatic carbocycles. The number of thioether (sulfide) groups is 1. The van der Waals surface area contributed by atoms with Crippen LogP contribution in [0.4, 0.5) is 0 Å². The van der Waals surface area contributed by atoms with E-state index in [0.29, 0.717) is 22.8 Å². The molecule has 2 saturated carbocycles. The third-order valence-corrected chi connectivity index (χ3v) is 8.24. The van der Waals surface area contributed by atoms with E-state index in [4.69, 9.17) is 0 Å². The molecule has 5 fully saturated rings. The molecule has 3 heterocycles. The Hall–Kier alpha value is -1.49. The fourth-order valence-corrected chi connectivity index (χ4v) is 6.46. The monoisotopic (exact) mass is 384 g/mol. The molecule has 3 saturated heterocycles. The summed E-state index contributed by atoms with van der Waals surface area (Å²) in [5, 5.41) is 0.691. The molecule has 4 atom stereocenters. The maximum Gasteiger partial charge on any atom is 0.232 e. The molecule has 4 nitrogen and oxygen atoms in total. The van der Waals surface area contributed by atoms with Gasteiger partial charge in [-0.05, 0) is 37.2 Å². The molecule has 27 heavy (non-hydrogen) atoms. The van der Waals surface area contributed by atoms with Crippen molar-refractivity contribution in [3.8, 4) is 0 Å². The fraction of sp³-hybridized carbons (Fsp3) is 0.636. The van der Waals surface area contributed by atoms with E-state index < -0.39 is 0 Å². The minimum Gasteiger partial charge on any atom is -0.338 e. The molecule has 2 bridgehead atoms. The van der Waals surface area contributed by atoms with Crippen LogP contribution in [0.1, 0.15) is 50.0 Å². The van der Waals surface area contributed by atoms with Gasteiger partial charge in [0.2, 0.25) is 11.8 Å². The van der Waals surface area contributed by atoms with Crippen molar-refractivity contribution in [1.29, 1.82) is 0 Å². The van der Waals surface area contributed by atoms with Crippen molar-refractivity contribution >= 4 is 23.6 Å². The zero-order valence-electron chi connectivity index (χ0n) is 15.8. The molecular formula is C22H28N2O2S. The summed E-state index contributed by atoms with van der Waals surface area (Å²) in [6, 6.07) is 10.9. The molecule has 2 amide bonds. The number of benzene rings is 1. The van der Waals surface area contributed by atoms with E-state index >= 15 is 0 Å². The average molecular weight is 385 g/mol. The largest absolute Gasteiger partial charge is 0.338 e. The number of hydrogen-bond donors (Lipinski definition) is 0. The Labute approximate surface area is 165 Å². The maximum atomic E-state index is 13.0. The van der Waals surface area contributed by atoms with E-state index in [9.17, 15) is 9.59 Å². The Bertz CT molecular complexity index is 706. The lowest BCUT2D eigenvalue weighted by atomic mass is 9.86. The fourth-order valence-electron chi connectivity index (χ4n) is 5.24. The van der Waals surface area contributed by atoms with E-state index in [2.05, 4.69) is 29.2 Å². The van der Waals surface area contributed by atoms with Crippen molar-refractivity contribution in [1.82, 2.24) is 9.80 Å². The quantitative estimate of drug-likeness (QED) is 0.782. The van der Waals surface area contributed by atoms with E-state index in [1.54, 1.807) is 0 Å². The van der Waals surface area contributed by atoms with Gasteiger partial charge in [0.05, 0.1) is 17.8 Å². The van der Waals surface area contributed by atoms with Gasteiger partial charge >= 0.3 is 0 Å². The number of carbonyl (C=O) groups excluding carboxylic acids is 2. The zero-order valence-corrected chi connectivity index (χ0v) is 16.6. The highest BCUT2D eigenvalue weighted by molar-refractivity contribution is 8.00. The topological polar surface area (TPSA) is 40.6 Å². The van der Waals surface area contributed by atoms with Gasteiger partial charge in [0, 0.05) is 24.3 Å². The molecule has 5 heteroatoms. The molecule has 0 spiro atoms. The van der Waals surface area contributed by atoms with Gasteiger partial charge < -0.3 is 9.80 Å². The number of piperidine rings is 1. The molecule has 144 valence electrons. The van der Waals surface area contributed by atoms with Gasteiger partial charge in [-0.25, -0.2) is 0 Å². The summed E-state index contributed by atoms with van der Waals surface area (Å²) in [4.78, 5) is 29.7. The van der Waals surface area contributed by atoms with Gasteiger partial charge in [-0.15, -0.1) is 11.8 Å². The van der Waals surface area contributed by atoms with Crippen LogP contribution in [0.25, 0.3) is 0 Å². The standard InChI is InChI=1S/C22H28N2O2S/c25-21(14-27-18-8-4-5-9-18)23-12-16-10-17(13-23)24(16)22(26)20-11-19(20)15-6-2-1-3-7-15/h1-3,6-7,16-20H,4-5,8-14H2/t16?,17?,19-,20+/m1/s1. The normalized spacial score (nSPS) is 32.3. The lowest BCUT2D eigenvalue weighted by Crippen LogP contribution is -2.71. The van der Waals surface area contributed by atoms with Crippen LogP contribution in [0.3, 0.4) is 0 Å². The minimum absolute atomic E-state index is 0.165. The number of amides is 2. The zero-order chi connectivity index (χ0) is 18.4. The predicted molar refractivity (Wildman–Crippen MR) is 108 cm³/mol. The van der Waals surface area contributed by atoms with Crippen LogP contribution in [0, 0.1) is 5.92 Å². The van der Waals surface area contributed by atoms with Gasteiger partial charge in [0.15, 0.2) is 0 Å². The van der Waals surface area contributed by atoms with Crippen molar-refractivity contribution in [2.24, 2.45) is 5.92 Å². The predicted octanol–water partition coefficient (Wildman–Crippen LogP) is 3.28. The first kappa shape index (κ1) is 17.6. The van der Waals surface area contributed by atoms with Gasteiger partial charge in [0.25, 0.3) is 0 Å². The summed E-state index contributed by atoms with van der Waals surface area (Å²) >= 11 is 1.85. The summed E-state index contributed by atoms with van der Waals surface area (Å²) in [6.07, 6.45) is 7.25. The SMILES string of the molecule is O=C(CSC1CCCC1)N1CC2CC(C1)N2C(=O)[C@H]1C[C@@H]1c1ccccc1. The second-order valence-corrected chi connectivity index (χ2v) is 9.95. The number of carbonyl (C=O) groups is 2. The van der Waals surface area contributed by atoms with E-state index in [1.807, 2.05) is 22.7 Å². The Morgan fingerprint density at radius 1 is 1.00 bits per heavy atom. The highest BCUT2D eigenvalue weighted by Crippen LogP contribution is 2.50. The van der Waals surface area contributed by atoms with Crippen LogP contribution < -0.4 is 0 Å². The first-order chi connectivity index (χ1) is 13.2. The maximum absolute atomic E-state index is 13.0. The van der Waals surface area contributed by atoms with Crippen LogP contribution in [0.2, 0.25) is 0 Å². The molecular weight excluding hydrogens is 356 g/mol. The second kappa shape index (κ2) is 7.16. The first-order valence-corrected chi connectivity index (χ1v) is 11.5. The van der Waals surface area contributed by atoms with Crippen LogP contribution in [-0.4, -0.2) is 57.8 Å². The van der Waals surface area contributed by atoms with E-state index in [-0.39, 0.29) is 23.9 Å². The molecule has 5 aliphatic rings. The van der Waals surface area contributed by atoms with Gasteiger partial charge in [-0.1, -0.05) is 43.2 Å². The number of piperazine rings is 1. The van der Waals surface area contributed by atoms with Gasteiger partial charge in [-0.2, -0.15) is 0 Å². The van der Waals surface area contributed by atoms with Crippen LogP contribution >= 0.6 is 11.8 Å². The van der Waals surface area contributed by atoms with Crippen LogP contribution in [0.15, 0.2) is 30.3 Å². The van der Waals surface area contributed by atoms with Crippen molar-refractivity contribution < 1.29 is 9.59 Å². The third-order valence-electron chi connectivity index (χ3n) is 6.88. The Morgan fingerprint density at radius 3 is 2.41 bits per heavy atom. The minimum atomic E-state index is 0.165. The first-order valence-electron chi connectivity index (χ1n) is 10.5. The molecule has 2 unspecified atom stereocenters. The summed E-state index contributed by atoms with van der Waals surface area (Å²) < 4.78 is 0. The lowest BCUT2D eigenvalue weighted by molar-refractivity contribution is -0.161. The Morgan fingerprint density at radius 2 is 1.70 bits per heavy atom. The van der Waals surface area contributed by atoms with Crippen molar-refractivity contribution in [3.05, 3.63) is 35.9 Å². The molecule has 1 aromatic rings. The van der Waals surface area contributed by atoms with Gasteiger partial charge in [0.1, 0.15) is 0 Å². The van der Waals surface area contributed by atoms with E-state index in [1.165, 1.54) is 31.2 Å². The van der Waals surface area contributed by atoms with Crippen molar-refractivity contribution in [2.75, 3.05) is 18.8 Å². The average Bonchev–Trinajstić information content (AvgIpc) is 3.34. The Balaban J connectivity index is 1.13. The van der Waals surface area contributed by atoms with Crippen molar-refractivity contribution in [2.45, 2.75) is 61.8 Å². The number of rotatable bonds is 5. The van der Waals surface area contributed by atoms with Crippen LogP contribution in [-0.2, 0) is 9.59 Å². The second-order valence-electron chi connectivity index (χ2n) is 8.66. The summed E-state index contributed by atoms with van der Waals surface area (Å²) in [5.41, 5.74) is 1.29. The van der Waals surface area contributed by atoms with Crippen molar-refractivity contribution in [3.63, 3.8) is 0 Å². The summed E-state index contributed by atoms with van der Waals surface area (Å²) in [5.74, 6) is 1.80. The molecule has 6 rings (SSSR count). The van der Waals surface area contributed by atoms with E-state index in [0.717, 1.165) is 25.9 Å². The molecule has 0 N–H and O–H groups in total. The highest BCUT2D eigenvalue weighted by atomic mass is 32.2.